The van der Waals surface area contributed by atoms with Gasteiger partial charge in [-0.1, -0.05) is 96.8 Å². The molecule has 0 radical (unpaired) electrons. The van der Waals surface area contributed by atoms with E-state index < -0.39 is 0 Å². The molecule has 0 amide bonds. The van der Waals surface area contributed by atoms with Crippen LogP contribution in [0.4, 0.5) is 0 Å². The Labute approximate surface area is 205 Å². The monoisotopic (exact) mass is 472 g/mol. The highest BCUT2D eigenvalue weighted by molar-refractivity contribution is 5.69. The third kappa shape index (κ3) is 27.5. The molecule has 1 N–H and O–H groups in total. The third-order valence-corrected chi connectivity index (χ3v) is 6.08. The van der Waals surface area contributed by atoms with Gasteiger partial charge in [0.1, 0.15) is 6.61 Å². The topological polar surface area (TPSA) is 65.0 Å². The smallest absolute Gasteiger partial charge is 0.305 e. The van der Waals surface area contributed by atoms with E-state index in [0.717, 1.165) is 19.3 Å². The molecule has 2 atom stereocenters. The van der Waals surface area contributed by atoms with Gasteiger partial charge in [0.05, 0.1) is 18.8 Å². The highest BCUT2D eigenvalue weighted by Gasteiger charge is 2.05. The van der Waals surface area contributed by atoms with Crippen molar-refractivity contribution in [2.24, 2.45) is 0 Å². The summed E-state index contributed by atoms with van der Waals surface area (Å²) in [5.74, 6) is -0.108. The average molecular weight is 473 g/mol. The summed E-state index contributed by atoms with van der Waals surface area (Å²) in [4.78, 5) is 11.8. The van der Waals surface area contributed by atoms with Gasteiger partial charge in [0.2, 0.25) is 0 Å². The molecule has 2 unspecified atom stereocenters. The summed E-state index contributed by atoms with van der Waals surface area (Å²) in [6.07, 6.45) is 21.7. The minimum atomic E-state index is -0.322. The highest BCUT2D eigenvalue weighted by Crippen LogP contribution is 2.13. The Kier molecular flexibility index (Phi) is 25.5. The number of unbranched alkanes of at least 4 members (excludes halogenated alkanes) is 14. The van der Waals surface area contributed by atoms with Crippen LogP contribution in [0.15, 0.2) is 0 Å². The summed E-state index contributed by atoms with van der Waals surface area (Å²) in [5.41, 5.74) is 0. The molecule has 5 nitrogen and oxygen atoms in total. The molecule has 0 rings (SSSR count). The maximum absolute atomic E-state index is 11.8. The van der Waals surface area contributed by atoms with Crippen LogP contribution in [0, 0.1) is 0 Å². The molecule has 0 aromatic rings. The molecule has 0 aliphatic heterocycles. The number of aliphatic hydroxyl groups excluding tert-OH is 1. The quantitative estimate of drug-likeness (QED) is 0.105. The lowest BCUT2D eigenvalue weighted by atomic mass is 10.0. The van der Waals surface area contributed by atoms with Crippen molar-refractivity contribution in [3.05, 3.63) is 0 Å². The molecule has 198 valence electrons. The number of rotatable bonds is 26. The van der Waals surface area contributed by atoms with Gasteiger partial charge in [-0.3, -0.25) is 4.79 Å². The van der Waals surface area contributed by atoms with Crippen LogP contribution in [0.2, 0.25) is 0 Å². The highest BCUT2D eigenvalue weighted by atomic mass is 16.6. The number of hydrogen-bond acceptors (Lipinski definition) is 5. The Bertz CT molecular complexity index is 400. The predicted octanol–water partition coefficient (Wildman–Crippen LogP) is 7.37. The summed E-state index contributed by atoms with van der Waals surface area (Å²) in [5, 5.41) is 9.20. The molecule has 0 aliphatic rings. The van der Waals surface area contributed by atoms with Crippen LogP contribution in [-0.4, -0.2) is 49.7 Å². The van der Waals surface area contributed by atoms with Crippen LogP contribution in [0.25, 0.3) is 0 Å². The molecule has 0 aromatic carbocycles. The van der Waals surface area contributed by atoms with Gasteiger partial charge >= 0.3 is 5.97 Å². The molecule has 0 spiro atoms. The van der Waals surface area contributed by atoms with Crippen LogP contribution in [0.1, 0.15) is 136 Å². The van der Waals surface area contributed by atoms with E-state index in [4.69, 9.17) is 14.2 Å². The van der Waals surface area contributed by atoms with Crippen LogP contribution in [0.3, 0.4) is 0 Å². The van der Waals surface area contributed by atoms with Gasteiger partial charge in [0.15, 0.2) is 0 Å². The lowest BCUT2D eigenvalue weighted by Crippen LogP contribution is -2.16. The standard InChI is InChI=1S/C28H56O5/c1-4-5-6-7-8-9-10-11-12-13-14-15-16-17-18-19-28(30)33-25-24-31-22-21-27(3)32-23-20-26(2)29/h26-27,29H,4-25H2,1-3H3. The van der Waals surface area contributed by atoms with Crippen molar-refractivity contribution < 1.29 is 24.1 Å². The maximum atomic E-state index is 11.8. The number of aliphatic hydroxyl groups is 1. The fourth-order valence-electron chi connectivity index (χ4n) is 3.80. The first-order valence-corrected chi connectivity index (χ1v) is 14.1. The first-order chi connectivity index (χ1) is 16.1. The Hall–Kier alpha value is -0.650. The first-order valence-electron chi connectivity index (χ1n) is 14.1. The summed E-state index contributed by atoms with van der Waals surface area (Å²) >= 11 is 0. The van der Waals surface area contributed by atoms with E-state index >= 15 is 0 Å². The van der Waals surface area contributed by atoms with Crippen molar-refractivity contribution in [2.75, 3.05) is 26.4 Å². The van der Waals surface area contributed by atoms with Gasteiger partial charge in [-0.25, -0.2) is 0 Å². The largest absolute Gasteiger partial charge is 0.463 e. The van der Waals surface area contributed by atoms with E-state index in [9.17, 15) is 9.90 Å². The molecular formula is C28H56O5. The van der Waals surface area contributed by atoms with E-state index in [-0.39, 0.29) is 18.2 Å². The molecule has 0 aliphatic carbocycles. The third-order valence-electron chi connectivity index (χ3n) is 6.08. The van der Waals surface area contributed by atoms with Crippen molar-refractivity contribution in [3.63, 3.8) is 0 Å². The number of hydrogen-bond donors (Lipinski definition) is 1. The van der Waals surface area contributed by atoms with Gasteiger partial charge in [0, 0.05) is 19.6 Å². The van der Waals surface area contributed by atoms with Crippen LogP contribution < -0.4 is 0 Å². The van der Waals surface area contributed by atoms with Crippen LogP contribution in [-0.2, 0) is 19.0 Å². The van der Waals surface area contributed by atoms with E-state index in [0.29, 0.717) is 39.3 Å². The number of esters is 1. The van der Waals surface area contributed by atoms with Crippen molar-refractivity contribution in [3.8, 4) is 0 Å². The van der Waals surface area contributed by atoms with Gasteiger partial charge < -0.3 is 19.3 Å². The zero-order valence-electron chi connectivity index (χ0n) is 22.3. The van der Waals surface area contributed by atoms with Gasteiger partial charge in [0.25, 0.3) is 0 Å². The van der Waals surface area contributed by atoms with E-state index in [2.05, 4.69) is 6.92 Å². The molecule has 0 fully saturated rings. The zero-order valence-corrected chi connectivity index (χ0v) is 22.3. The maximum Gasteiger partial charge on any atom is 0.305 e. The Morgan fingerprint density at radius 3 is 1.70 bits per heavy atom. The number of carbonyl (C=O) groups excluding carboxylic acids is 1. The fourth-order valence-corrected chi connectivity index (χ4v) is 3.80. The lowest BCUT2D eigenvalue weighted by molar-refractivity contribution is -0.145. The van der Waals surface area contributed by atoms with Crippen molar-refractivity contribution in [1.82, 2.24) is 0 Å². The second kappa shape index (κ2) is 26.0. The fraction of sp³-hybridized carbons (Fsp3) is 0.964. The first kappa shape index (κ1) is 32.4. The second-order valence-electron chi connectivity index (χ2n) is 9.64. The molecule has 0 heterocycles. The summed E-state index contributed by atoms with van der Waals surface area (Å²) in [6.45, 7) is 7.96. The number of ether oxygens (including phenoxy) is 3. The number of carbonyl (C=O) groups is 1. The molecule has 0 saturated carbocycles. The lowest BCUT2D eigenvalue weighted by Gasteiger charge is -2.14. The van der Waals surface area contributed by atoms with E-state index in [1.807, 2.05) is 6.92 Å². The van der Waals surface area contributed by atoms with E-state index in [1.165, 1.54) is 83.5 Å². The van der Waals surface area contributed by atoms with Gasteiger partial charge in [-0.15, -0.1) is 0 Å². The average Bonchev–Trinajstić information content (AvgIpc) is 2.78. The zero-order chi connectivity index (χ0) is 24.4. The van der Waals surface area contributed by atoms with Crippen molar-refractivity contribution in [2.45, 2.75) is 149 Å². The molecule has 0 saturated heterocycles. The summed E-state index contributed by atoms with van der Waals surface area (Å²) in [6, 6.07) is 0. The van der Waals surface area contributed by atoms with Crippen molar-refractivity contribution in [1.29, 1.82) is 0 Å². The summed E-state index contributed by atoms with van der Waals surface area (Å²) < 4.78 is 16.3. The minimum absolute atomic E-state index is 0.108. The van der Waals surface area contributed by atoms with Crippen molar-refractivity contribution >= 4 is 5.97 Å². The normalized spacial score (nSPS) is 13.2. The Balaban J connectivity index is 3.23. The van der Waals surface area contributed by atoms with Crippen LogP contribution in [0.5, 0.6) is 0 Å². The second-order valence-corrected chi connectivity index (χ2v) is 9.64. The van der Waals surface area contributed by atoms with Gasteiger partial charge in [-0.2, -0.15) is 0 Å². The molecular weight excluding hydrogens is 416 g/mol. The molecule has 33 heavy (non-hydrogen) atoms. The SMILES string of the molecule is CCCCCCCCCCCCCCCCCC(=O)OCCOCCC(C)OCCC(C)O. The Morgan fingerprint density at radius 2 is 1.18 bits per heavy atom. The van der Waals surface area contributed by atoms with Crippen LogP contribution >= 0.6 is 0 Å². The molecule has 0 bridgehead atoms. The minimum Gasteiger partial charge on any atom is -0.463 e. The van der Waals surface area contributed by atoms with E-state index in [1.54, 1.807) is 6.92 Å². The predicted molar refractivity (Wildman–Crippen MR) is 138 cm³/mol. The summed E-state index contributed by atoms with van der Waals surface area (Å²) in [7, 11) is 0. The molecule has 0 aromatic heterocycles. The Morgan fingerprint density at radius 1 is 0.667 bits per heavy atom. The molecule has 5 heteroatoms. The van der Waals surface area contributed by atoms with Gasteiger partial charge in [-0.05, 0) is 33.1 Å².